The summed E-state index contributed by atoms with van der Waals surface area (Å²) in [6, 6.07) is 10.0. The predicted octanol–water partition coefficient (Wildman–Crippen LogP) is 3.91. The number of alkyl halides is 1. The molecule has 0 saturated carbocycles. The number of esters is 1. The number of benzene rings is 1. The van der Waals surface area contributed by atoms with Gasteiger partial charge in [0.2, 0.25) is 0 Å². The van der Waals surface area contributed by atoms with E-state index in [1.807, 2.05) is 36.4 Å². The molecule has 0 fully saturated rings. The van der Waals surface area contributed by atoms with Gasteiger partial charge in [0.15, 0.2) is 0 Å². The normalized spacial score (nSPS) is 13.7. The van der Waals surface area contributed by atoms with Crippen LogP contribution in [0.25, 0.3) is 0 Å². The molecule has 0 aromatic heterocycles. The fraction of sp³-hybridized carbons (Fsp3) is 0.400. The fourth-order valence-electron chi connectivity index (χ4n) is 1.87. The van der Waals surface area contributed by atoms with Crippen molar-refractivity contribution in [1.29, 1.82) is 0 Å². The average Bonchev–Trinajstić information content (AvgIpc) is 2.39. The van der Waals surface area contributed by atoms with Gasteiger partial charge < -0.3 is 4.74 Å². The molecule has 0 saturated heterocycles. The summed E-state index contributed by atoms with van der Waals surface area (Å²) in [5, 5.41) is -0.602. The number of halogens is 1. The number of ether oxygens (including phenoxy) is 1. The number of allylic oxidation sites excluding steroid dienone is 1. The molecule has 0 bridgehead atoms. The smallest absolute Gasteiger partial charge is 0.324 e. The van der Waals surface area contributed by atoms with Crippen LogP contribution in [0.2, 0.25) is 0 Å². The molecule has 0 N–H and O–H groups in total. The molecule has 0 aliphatic heterocycles. The summed E-state index contributed by atoms with van der Waals surface area (Å²) in [6.07, 6.45) is 3.22. The van der Waals surface area contributed by atoms with E-state index in [4.69, 9.17) is 16.3 Å². The SMILES string of the molecule is C=CCC(CC(Cl)C(=O)OCC)c1ccccc1. The van der Waals surface area contributed by atoms with Crippen LogP contribution in [-0.4, -0.2) is 18.0 Å². The molecule has 0 heterocycles. The van der Waals surface area contributed by atoms with Crippen molar-refractivity contribution in [3.63, 3.8) is 0 Å². The van der Waals surface area contributed by atoms with Crippen molar-refractivity contribution in [3.8, 4) is 0 Å². The lowest BCUT2D eigenvalue weighted by atomic mass is 9.91. The van der Waals surface area contributed by atoms with Crippen LogP contribution < -0.4 is 0 Å². The van der Waals surface area contributed by atoms with Crippen LogP contribution in [0.15, 0.2) is 43.0 Å². The monoisotopic (exact) mass is 266 g/mol. The van der Waals surface area contributed by atoms with Crippen LogP contribution in [0.3, 0.4) is 0 Å². The predicted molar refractivity (Wildman–Crippen MR) is 74.9 cm³/mol. The first-order valence-corrected chi connectivity index (χ1v) is 6.59. The van der Waals surface area contributed by atoms with Gasteiger partial charge in [-0.2, -0.15) is 0 Å². The maximum Gasteiger partial charge on any atom is 0.324 e. The maximum atomic E-state index is 11.5. The molecule has 0 amide bonds. The van der Waals surface area contributed by atoms with Gasteiger partial charge in [-0.1, -0.05) is 36.4 Å². The summed E-state index contributed by atoms with van der Waals surface area (Å²) in [4.78, 5) is 11.5. The van der Waals surface area contributed by atoms with E-state index in [-0.39, 0.29) is 11.9 Å². The minimum atomic E-state index is -0.602. The van der Waals surface area contributed by atoms with Crippen molar-refractivity contribution in [2.75, 3.05) is 6.61 Å². The van der Waals surface area contributed by atoms with Crippen molar-refractivity contribution in [3.05, 3.63) is 48.6 Å². The topological polar surface area (TPSA) is 26.3 Å². The Kier molecular flexibility index (Phi) is 6.51. The number of carbonyl (C=O) groups is 1. The van der Waals surface area contributed by atoms with Gasteiger partial charge in [-0.05, 0) is 31.2 Å². The fourth-order valence-corrected chi connectivity index (χ4v) is 2.15. The third kappa shape index (κ3) is 4.53. The molecule has 3 heteroatoms. The van der Waals surface area contributed by atoms with Crippen molar-refractivity contribution in [2.24, 2.45) is 0 Å². The number of hydrogen-bond acceptors (Lipinski definition) is 2. The molecule has 18 heavy (non-hydrogen) atoms. The van der Waals surface area contributed by atoms with Crippen LogP contribution in [-0.2, 0) is 9.53 Å². The third-order valence-electron chi connectivity index (χ3n) is 2.76. The second-order valence-corrected chi connectivity index (χ2v) is 4.61. The molecule has 0 spiro atoms. The number of hydrogen-bond donors (Lipinski definition) is 0. The summed E-state index contributed by atoms with van der Waals surface area (Å²) in [7, 11) is 0. The molecule has 0 aliphatic carbocycles. The van der Waals surface area contributed by atoms with E-state index >= 15 is 0 Å². The van der Waals surface area contributed by atoms with Crippen LogP contribution in [0.5, 0.6) is 0 Å². The zero-order chi connectivity index (χ0) is 13.4. The number of carbonyl (C=O) groups excluding carboxylic acids is 1. The van der Waals surface area contributed by atoms with E-state index in [0.29, 0.717) is 13.0 Å². The van der Waals surface area contributed by atoms with Gasteiger partial charge in [-0.15, -0.1) is 18.2 Å². The molecule has 0 aliphatic rings. The summed E-state index contributed by atoms with van der Waals surface area (Å²) in [5.41, 5.74) is 1.17. The van der Waals surface area contributed by atoms with E-state index in [1.54, 1.807) is 6.92 Å². The van der Waals surface area contributed by atoms with Crippen LogP contribution in [0.1, 0.15) is 31.2 Å². The molecule has 1 aromatic rings. The molecule has 2 unspecified atom stereocenters. The summed E-state index contributed by atoms with van der Waals surface area (Å²) in [6.45, 7) is 5.89. The van der Waals surface area contributed by atoms with Gasteiger partial charge >= 0.3 is 5.97 Å². The third-order valence-corrected chi connectivity index (χ3v) is 3.11. The molecular formula is C15H19ClO2. The highest BCUT2D eigenvalue weighted by Gasteiger charge is 2.22. The van der Waals surface area contributed by atoms with Crippen molar-refractivity contribution >= 4 is 17.6 Å². The Morgan fingerprint density at radius 2 is 2.11 bits per heavy atom. The van der Waals surface area contributed by atoms with E-state index in [0.717, 1.165) is 6.42 Å². The van der Waals surface area contributed by atoms with E-state index in [1.165, 1.54) is 5.56 Å². The van der Waals surface area contributed by atoms with Crippen molar-refractivity contribution in [2.45, 2.75) is 31.1 Å². The minimum Gasteiger partial charge on any atom is -0.465 e. The largest absolute Gasteiger partial charge is 0.465 e. The second-order valence-electron chi connectivity index (χ2n) is 4.09. The summed E-state index contributed by atoms with van der Waals surface area (Å²) < 4.78 is 4.92. The Morgan fingerprint density at radius 1 is 1.44 bits per heavy atom. The van der Waals surface area contributed by atoms with Crippen molar-refractivity contribution in [1.82, 2.24) is 0 Å². The highest BCUT2D eigenvalue weighted by molar-refractivity contribution is 6.29. The average molecular weight is 267 g/mol. The van der Waals surface area contributed by atoms with Crippen LogP contribution in [0.4, 0.5) is 0 Å². The Hall–Kier alpha value is -1.28. The van der Waals surface area contributed by atoms with Crippen LogP contribution >= 0.6 is 11.6 Å². The van der Waals surface area contributed by atoms with E-state index in [2.05, 4.69) is 6.58 Å². The van der Waals surface area contributed by atoms with Gasteiger partial charge in [0, 0.05) is 0 Å². The Balaban J connectivity index is 2.69. The van der Waals surface area contributed by atoms with Crippen molar-refractivity contribution < 1.29 is 9.53 Å². The second kappa shape index (κ2) is 7.93. The lowest BCUT2D eigenvalue weighted by Gasteiger charge is -2.18. The highest BCUT2D eigenvalue weighted by Crippen LogP contribution is 2.27. The zero-order valence-corrected chi connectivity index (χ0v) is 11.4. The molecule has 2 nitrogen and oxygen atoms in total. The summed E-state index contributed by atoms with van der Waals surface area (Å²) >= 11 is 6.08. The first kappa shape index (κ1) is 14.8. The molecule has 1 aromatic carbocycles. The van der Waals surface area contributed by atoms with Gasteiger partial charge in [0.1, 0.15) is 5.38 Å². The van der Waals surface area contributed by atoms with Gasteiger partial charge in [0.25, 0.3) is 0 Å². The lowest BCUT2D eigenvalue weighted by Crippen LogP contribution is -2.20. The Labute approximate surface area is 114 Å². The highest BCUT2D eigenvalue weighted by atomic mass is 35.5. The number of rotatable bonds is 7. The minimum absolute atomic E-state index is 0.204. The zero-order valence-electron chi connectivity index (χ0n) is 10.6. The quantitative estimate of drug-likeness (QED) is 0.425. The Bertz CT molecular complexity index is 375. The van der Waals surface area contributed by atoms with Crippen LogP contribution in [0, 0.1) is 0 Å². The molecule has 1 rings (SSSR count). The molecular weight excluding hydrogens is 248 g/mol. The lowest BCUT2D eigenvalue weighted by molar-refractivity contribution is -0.142. The van der Waals surface area contributed by atoms with E-state index in [9.17, 15) is 4.79 Å². The van der Waals surface area contributed by atoms with Gasteiger partial charge in [0.05, 0.1) is 6.61 Å². The first-order valence-electron chi connectivity index (χ1n) is 6.15. The van der Waals surface area contributed by atoms with Gasteiger partial charge in [-0.25, -0.2) is 0 Å². The summed E-state index contributed by atoms with van der Waals surface area (Å²) in [5.74, 6) is -0.139. The molecule has 0 radical (unpaired) electrons. The molecule has 2 atom stereocenters. The standard InChI is InChI=1S/C15H19ClO2/c1-3-8-13(12-9-6-5-7-10-12)11-14(16)15(17)18-4-2/h3,5-7,9-10,13-14H,1,4,8,11H2,2H3. The van der Waals surface area contributed by atoms with Gasteiger partial charge in [-0.3, -0.25) is 4.79 Å². The maximum absolute atomic E-state index is 11.5. The Morgan fingerprint density at radius 3 is 2.67 bits per heavy atom. The molecule has 98 valence electrons. The first-order chi connectivity index (χ1) is 8.69. The van der Waals surface area contributed by atoms with E-state index < -0.39 is 5.38 Å².